The molecule has 0 saturated carbocycles. The second-order valence-corrected chi connectivity index (χ2v) is 3.29. The van der Waals surface area contributed by atoms with Crippen LogP contribution in [0.3, 0.4) is 0 Å². The van der Waals surface area contributed by atoms with Gasteiger partial charge < -0.3 is 5.32 Å². The first-order valence-electron chi connectivity index (χ1n) is 3.76. The molecule has 1 amide bonds. The van der Waals surface area contributed by atoms with Crippen LogP contribution < -0.4 is 5.32 Å². The van der Waals surface area contributed by atoms with E-state index in [2.05, 4.69) is 5.32 Å². The van der Waals surface area contributed by atoms with E-state index in [9.17, 15) is 4.79 Å². The van der Waals surface area contributed by atoms with Crippen molar-refractivity contribution in [3.63, 3.8) is 0 Å². The van der Waals surface area contributed by atoms with Gasteiger partial charge in [-0.05, 0) is 18.6 Å². The SMILES string of the molecule is Cc1cccc(Cl)c1NC(=O)CCl. The fraction of sp³-hybridized carbons (Fsp3) is 0.222. The predicted octanol–water partition coefficient (Wildman–Crippen LogP) is 2.83. The summed E-state index contributed by atoms with van der Waals surface area (Å²) in [5.41, 5.74) is 1.56. The number of carbonyl (C=O) groups excluding carboxylic acids is 1. The Balaban J connectivity index is 2.93. The van der Waals surface area contributed by atoms with E-state index in [1.165, 1.54) is 0 Å². The number of benzene rings is 1. The molecule has 0 spiro atoms. The van der Waals surface area contributed by atoms with Crippen LogP contribution in [0.4, 0.5) is 5.69 Å². The van der Waals surface area contributed by atoms with Gasteiger partial charge in [0.05, 0.1) is 10.7 Å². The predicted molar refractivity (Wildman–Crippen MR) is 55.5 cm³/mol. The maximum Gasteiger partial charge on any atom is 0.239 e. The van der Waals surface area contributed by atoms with Crippen LogP contribution in [0.15, 0.2) is 18.2 Å². The largest absolute Gasteiger partial charge is 0.324 e. The number of para-hydroxylation sites is 1. The Hall–Kier alpha value is -0.730. The number of alkyl halides is 1. The molecule has 0 aliphatic heterocycles. The van der Waals surface area contributed by atoms with Crippen LogP contribution in [0.5, 0.6) is 0 Å². The van der Waals surface area contributed by atoms with Gasteiger partial charge in [-0.3, -0.25) is 4.79 Å². The van der Waals surface area contributed by atoms with Gasteiger partial charge in [-0.15, -0.1) is 11.6 Å². The van der Waals surface area contributed by atoms with Crippen LogP contribution in [-0.4, -0.2) is 11.8 Å². The Morgan fingerprint density at radius 2 is 2.23 bits per heavy atom. The average molecular weight is 218 g/mol. The lowest BCUT2D eigenvalue weighted by Gasteiger charge is -2.08. The van der Waals surface area contributed by atoms with E-state index >= 15 is 0 Å². The number of nitrogens with one attached hydrogen (secondary N) is 1. The van der Waals surface area contributed by atoms with Crippen LogP contribution in [0.1, 0.15) is 5.56 Å². The van der Waals surface area contributed by atoms with Crippen molar-refractivity contribution in [3.8, 4) is 0 Å². The fourth-order valence-corrected chi connectivity index (χ4v) is 1.30. The van der Waals surface area contributed by atoms with Gasteiger partial charge in [0.25, 0.3) is 0 Å². The quantitative estimate of drug-likeness (QED) is 0.759. The molecule has 0 fully saturated rings. The van der Waals surface area contributed by atoms with Crippen LogP contribution in [-0.2, 0) is 4.79 Å². The molecule has 1 rings (SSSR count). The molecule has 2 nitrogen and oxygen atoms in total. The number of hydrogen-bond donors (Lipinski definition) is 1. The zero-order chi connectivity index (χ0) is 9.84. The Labute approximate surface area is 86.8 Å². The molecule has 4 heteroatoms. The minimum absolute atomic E-state index is 0.0648. The molecular weight excluding hydrogens is 209 g/mol. The highest BCUT2D eigenvalue weighted by Crippen LogP contribution is 2.24. The molecule has 0 aliphatic rings. The minimum atomic E-state index is -0.252. The van der Waals surface area contributed by atoms with Gasteiger partial charge in [-0.2, -0.15) is 0 Å². The fourth-order valence-electron chi connectivity index (χ4n) is 0.963. The molecule has 1 N–H and O–H groups in total. The Morgan fingerprint density at radius 1 is 1.54 bits per heavy atom. The van der Waals surface area contributed by atoms with Gasteiger partial charge >= 0.3 is 0 Å². The average Bonchev–Trinajstić information content (AvgIpc) is 2.11. The molecule has 1 aromatic carbocycles. The van der Waals surface area contributed by atoms with Crippen molar-refractivity contribution < 1.29 is 4.79 Å². The summed E-state index contributed by atoms with van der Waals surface area (Å²) in [6.45, 7) is 1.87. The molecule has 0 bridgehead atoms. The molecule has 13 heavy (non-hydrogen) atoms. The summed E-state index contributed by atoms with van der Waals surface area (Å²) < 4.78 is 0. The molecule has 1 aromatic rings. The first-order valence-corrected chi connectivity index (χ1v) is 4.67. The standard InChI is InChI=1S/C9H9Cl2NO/c1-6-3-2-4-7(11)9(6)12-8(13)5-10/h2-4H,5H2,1H3,(H,12,13). The number of rotatable bonds is 2. The number of carbonyl (C=O) groups is 1. The summed E-state index contributed by atoms with van der Waals surface area (Å²) >= 11 is 11.2. The normalized spacial score (nSPS) is 9.77. The lowest BCUT2D eigenvalue weighted by atomic mass is 10.2. The summed E-state index contributed by atoms with van der Waals surface area (Å²) in [5.74, 6) is -0.317. The number of halogens is 2. The van der Waals surface area contributed by atoms with Gasteiger partial charge in [0, 0.05) is 0 Å². The molecule has 0 saturated heterocycles. The highest BCUT2D eigenvalue weighted by atomic mass is 35.5. The second-order valence-electron chi connectivity index (χ2n) is 2.61. The zero-order valence-corrected chi connectivity index (χ0v) is 8.62. The third-order valence-electron chi connectivity index (χ3n) is 1.61. The topological polar surface area (TPSA) is 29.1 Å². The monoisotopic (exact) mass is 217 g/mol. The van der Waals surface area contributed by atoms with Gasteiger partial charge in [0.2, 0.25) is 5.91 Å². The van der Waals surface area contributed by atoms with Crippen molar-refractivity contribution in [1.82, 2.24) is 0 Å². The third kappa shape index (κ3) is 2.61. The number of hydrogen-bond acceptors (Lipinski definition) is 1. The van der Waals surface area contributed by atoms with Crippen molar-refractivity contribution in [2.24, 2.45) is 0 Å². The molecule has 0 atom stereocenters. The highest BCUT2D eigenvalue weighted by Gasteiger charge is 2.06. The van der Waals surface area contributed by atoms with E-state index < -0.39 is 0 Å². The van der Waals surface area contributed by atoms with Crippen molar-refractivity contribution in [2.45, 2.75) is 6.92 Å². The van der Waals surface area contributed by atoms with Crippen LogP contribution in [0.2, 0.25) is 5.02 Å². The molecule has 0 aromatic heterocycles. The summed E-state index contributed by atoms with van der Waals surface area (Å²) in [4.78, 5) is 11.0. The number of anilines is 1. The first kappa shape index (κ1) is 10.4. The summed E-state index contributed by atoms with van der Waals surface area (Å²) in [6, 6.07) is 5.42. The Bertz CT molecular complexity index is 305. The maximum atomic E-state index is 11.0. The van der Waals surface area contributed by atoms with Crippen LogP contribution in [0.25, 0.3) is 0 Å². The summed E-state index contributed by atoms with van der Waals surface area (Å²) in [6.07, 6.45) is 0. The van der Waals surface area contributed by atoms with Crippen molar-refractivity contribution in [3.05, 3.63) is 28.8 Å². The molecule has 0 heterocycles. The summed E-state index contributed by atoms with van der Waals surface area (Å²) in [7, 11) is 0. The van der Waals surface area contributed by atoms with E-state index in [1.807, 2.05) is 19.1 Å². The number of amides is 1. The molecule has 0 aliphatic carbocycles. The van der Waals surface area contributed by atoms with E-state index in [4.69, 9.17) is 23.2 Å². The summed E-state index contributed by atoms with van der Waals surface area (Å²) in [5, 5.41) is 3.15. The van der Waals surface area contributed by atoms with Gasteiger partial charge in [-0.25, -0.2) is 0 Å². The van der Waals surface area contributed by atoms with E-state index in [-0.39, 0.29) is 11.8 Å². The zero-order valence-electron chi connectivity index (χ0n) is 7.10. The van der Waals surface area contributed by atoms with Crippen molar-refractivity contribution in [2.75, 3.05) is 11.2 Å². The lowest BCUT2D eigenvalue weighted by Crippen LogP contribution is -2.13. The molecular formula is C9H9Cl2NO. The van der Waals surface area contributed by atoms with E-state index in [0.29, 0.717) is 10.7 Å². The molecule has 0 unspecified atom stereocenters. The van der Waals surface area contributed by atoms with Gasteiger partial charge in [0.1, 0.15) is 5.88 Å². The van der Waals surface area contributed by atoms with Crippen molar-refractivity contribution >= 4 is 34.8 Å². The van der Waals surface area contributed by atoms with Gasteiger partial charge in [0.15, 0.2) is 0 Å². The Kier molecular flexibility index (Phi) is 3.58. The molecule has 0 radical (unpaired) electrons. The second kappa shape index (κ2) is 4.49. The Morgan fingerprint density at radius 3 is 2.77 bits per heavy atom. The smallest absolute Gasteiger partial charge is 0.239 e. The van der Waals surface area contributed by atoms with Gasteiger partial charge in [-0.1, -0.05) is 23.7 Å². The first-order chi connectivity index (χ1) is 6.15. The van der Waals surface area contributed by atoms with E-state index in [0.717, 1.165) is 5.56 Å². The highest BCUT2D eigenvalue weighted by molar-refractivity contribution is 6.35. The van der Waals surface area contributed by atoms with Crippen molar-refractivity contribution in [1.29, 1.82) is 0 Å². The van der Waals surface area contributed by atoms with Crippen LogP contribution in [0, 0.1) is 6.92 Å². The van der Waals surface area contributed by atoms with E-state index in [1.54, 1.807) is 6.07 Å². The minimum Gasteiger partial charge on any atom is -0.324 e. The number of aryl methyl sites for hydroxylation is 1. The lowest BCUT2D eigenvalue weighted by molar-refractivity contribution is -0.113. The molecule has 70 valence electrons. The maximum absolute atomic E-state index is 11.0. The third-order valence-corrected chi connectivity index (χ3v) is 2.17. The van der Waals surface area contributed by atoms with Crippen LogP contribution >= 0.6 is 23.2 Å².